The van der Waals surface area contributed by atoms with Crippen LogP contribution in [-0.4, -0.2) is 23.7 Å². The maximum Gasteiger partial charge on any atom is 0.339 e. The van der Waals surface area contributed by atoms with Gasteiger partial charge in [0.1, 0.15) is 17.1 Å². The van der Waals surface area contributed by atoms with Gasteiger partial charge in [0.2, 0.25) is 0 Å². The van der Waals surface area contributed by atoms with Crippen LogP contribution in [-0.2, 0) is 6.54 Å². The summed E-state index contributed by atoms with van der Waals surface area (Å²) in [7, 11) is 0. The van der Waals surface area contributed by atoms with Crippen LogP contribution in [0.2, 0.25) is 0 Å². The van der Waals surface area contributed by atoms with Crippen molar-refractivity contribution in [2.24, 2.45) is 5.92 Å². The largest absolute Gasteiger partial charge is 0.478 e. The van der Waals surface area contributed by atoms with Crippen LogP contribution in [0.5, 0.6) is 0 Å². The minimum atomic E-state index is -1.03. The first-order valence-electron chi connectivity index (χ1n) is 6.74. The maximum atomic E-state index is 11.5. The highest BCUT2D eigenvalue weighted by molar-refractivity contribution is 5.88. The topological polar surface area (TPSA) is 91.6 Å². The van der Waals surface area contributed by atoms with E-state index in [1.807, 2.05) is 0 Å². The molecule has 0 saturated heterocycles. The average Bonchev–Trinajstić information content (AvgIpc) is 2.73. The number of carboxylic acids is 1. The molecule has 1 heterocycles. The lowest BCUT2D eigenvalue weighted by Crippen LogP contribution is -2.35. The van der Waals surface area contributed by atoms with Crippen molar-refractivity contribution in [2.45, 2.75) is 40.2 Å². The highest BCUT2D eigenvalue weighted by Gasteiger charge is 2.13. The second-order valence-corrected chi connectivity index (χ2v) is 5.13. The number of furan rings is 1. The van der Waals surface area contributed by atoms with E-state index in [-0.39, 0.29) is 18.1 Å². The van der Waals surface area contributed by atoms with Gasteiger partial charge in [0.15, 0.2) is 0 Å². The fourth-order valence-corrected chi connectivity index (χ4v) is 1.79. The first-order valence-corrected chi connectivity index (χ1v) is 6.74. The molecule has 3 N–H and O–H groups in total. The Hall–Kier alpha value is -1.98. The predicted molar refractivity (Wildman–Crippen MR) is 74.7 cm³/mol. The highest BCUT2D eigenvalue weighted by atomic mass is 16.4. The minimum Gasteiger partial charge on any atom is -0.478 e. The lowest BCUT2D eigenvalue weighted by molar-refractivity contribution is 0.0695. The van der Waals surface area contributed by atoms with Crippen LogP contribution in [0, 0.1) is 12.8 Å². The van der Waals surface area contributed by atoms with E-state index in [4.69, 9.17) is 9.52 Å². The third kappa shape index (κ3) is 5.34. The van der Waals surface area contributed by atoms with Crippen LogP contribution in [0.4, 0.5) is 4.79 Å². The average molecular weight is 282 g/mol. The molecular weight excluding hydrogens is 260 g/mol. The number of carbonyl (C=O) groups is 2. The van der Waals surface area contributed by atoms with Crippen molar-refractivity contribution in [2.75, 3.05) is 6.54 Å². The Kier molecular flexibility index (Phi) is 6.09. The van der Waals surface area contributed by atoms with Gasteiger partial charge in [-0.3, -0.25) is 0 Å². The van der Waals surface area contributed by atoms with E-state index >= 15 is 0 Å². The summed E-state index contributed by atoms with van der Waals surface area (Å²) in [5.74, 6) is 0.361. The fraction of sp³-hybridized carbons (Fsp3) is 0.571. The monoisotopic (exact) mass is 282 g/mol. The minimum absolute atomic E-state index is 0.124. The van der Waals surface area contributed by atoms with Crippen molar-refractivity contribution in [3.63, 3.8) is 0 Å². The number of carbonyl (C=O) groups excluding carboxylic acids is 1. The molecule has 0 unspecified atom stereocenters. The number of aryl methyl sites for hydroxylation is 1. The molecule has 2 amide bonds. The molecule has 0 fully saturated rings. The summed E-state index contributed by atoms with van der Waals surface area (Å²) in [6.45, 7) is 6.66. The van der Waals surface area contributed by atoms with E-state index in [2.05, 4.69) is 24.5 Å². The van der Waals surface area contributed by atoms with E-state index < -0.39 is 5.97 Å². The van der Waals surface area contributed by atoms with Gasteiger partial charge in [-0.1, -0.05) is 13.8 Å². The standard InChI is InChI=1S/C14H22N2O4/c1-9(2)5-4-6-15-14(19)16-8-11-7-12(13(17)18)10(3)20-11/h7,9H,4-6,8H2,1-3H3,(H,17,18)(H2,15,16,19). The zero-order valence-electron chi connectivity index (χ0n) is 12.2. The molecule has 112 valence electrons. The molecule has 0 spiro atoms. The van der Waals surface area contributed by atoms with Crippen LogP contribution in [0.3, 0.4) is 0 Å². The van der Waals surface area contributed by atoms with Gasteiger partial charge in [0, 0.05) is 6.54 Å². The van der Waals surface area contributed by atoms with E-state index in [1.54, 1.807) is 6.92 Å². The Morgan fingerprint density at radius 3 is 2.60 bits per heavy atom. The lowest BCUT2D eigenvalue weighted by Gasteiger charge is -2.07. The van der Waals surface area contributed by atoms with Crippen LogP contribution in [0.15, 0.2) is 10.5 Å². The SMILES string of the molecule is Cc1oc(CNC(=O)NCCCC(C)C)cc1C(=O)O. The zero-order chi connectivity index (χ0) is 15.1. The molecule has 0 atom stereocenters. The second-order valence-electron chi connectivity index (χ2n) is 5.13. The molecule has 1 rings (SSSR count). The van der Waals surface area contributed by atoms with Gasteiger partial charge >= 0.3 is 12.0 Å². The van der Waals surface area contributed by atoms with E-state index in [0.29, 0.717) is 24.0 Å². The Morgan fingerprint density at radius 2 is 2.05 bits per heavy atom. The summed E-state index contributed by atoms with van der Waals surface area (Å²) in [6, 6.07) is 1.15. The normalized spacial score (nSPS) is 10.6. The van der Waals surface area contributed by atoms with Gasteiger partial charge in [-0.05, 0) is 31.7 Å². The molecule has 0 aliphatic heterocycles. The first-order chi connectivity index (χ1) is 9.40. The Bertz CT molecular complexity index is 466. The quantitative estimate of drug-likeness (QED) is 0.670. The Labute approximate surface area is 118 Å². The van der Waals surface area contributed by atoms with Crippen molar-refractivity contribution in [3.8, 4) is 0 Å². The number of amides is 2. The number of carboxylic acid groups (broad SMARTS) is 1. The number of hydrogen-bond donors (Lipinski definition) is 3. The molecule has 0 aliphatic carbocycles. The molecule has 0 radical (unpaired) electrons. The molecule has 20 heavy (non-hydrogen) atoms. The van der Waals surface area contributed by atoms with Crippen molar-refractivity contribution < 1.29 is 19.1 Å². The number of urea groups is 1. The van der Waals surface area contributed by atoms with Crippen molar-refractivity contribution >= 4 is 12.0 Å². The van der Waals surface area contributed by atoms with E-state index in [0.717, 1.165) is 12.8 Å². The van der Waals surface area contributed by atoms with Crippen LogP contribution >= 0.6 is 0 Å². The summed E-state index contributed by atoms with van der Waals surface area (Å²) in [4.78, 5) is 22.3. The smallest absolute Gasteiger partial charge is 0.339 e. The fourth-order valence-electron chi connectivity index (χ4n) is 1.79. The van der Waals surface area contributed by atoms with E-state index in [9.17, 15) is 9.59 Å². The van der Waals surface area contributed by atoms with E-state index in [1.165, 1.54) is 6.07 Å². The van der Waals surface area contributed by atoms with Crippen LogP contribution in [0.25, 0.3) is 0 Å². The predicted octanol–water partition coefficient (Wildman–Crippen LogP) is 2.52. The molecule has 6 heteroatoms. The number of nitrogens with one attached hydrogen (secondary N) is 2. The molecule has 6 nitrogen and oxygen atoms in total. The number of aromatic carboxylic acids is 1. The summed E-state index contributed by atoms with van der Waals surface area (Å²) in [5, 5.41) is 14.3. The van der Waals surface area contributed by atoms with Crippen molar-refractivity contribution in [1.29, 1.82) is 0 Å². The molecule has 1 aromatic heterocycles. The van der Waals surface area contributed by atoms with Gasteiger partial charge in [0.25, 0.3) is 0 Å². The van der Waals surface area contributed by atoms with Crippen LogP contribution < -0.4 is 10.6 Å². The summed E-state index contributed by atoms with van der Waals surface area (Å²) in [6.07, 6.45) is 2.01. The second kappa shape index (κ2) is 7.57. The molecule has 0 aliphatic rings. The third-order valence-electron chi connectivity index (χ3n) is 2.87. The Balaban J connectivity index is 2.30. The van der Waals surface area contributed by atoms with Gasteiger partial charge < -0.3 is 20.2 Å². The first kappa shape index (κ1) is 16.1. The summed E-state index contributed by atoms with van der Waals surface area (Å²) in [5.41, 5.74) is 0.124. The van der Waals surface area contributed by atoms with Gasteiger partial charge in [-0.2, -0.15) is 0 Å². The van der Waals surface area contributed by atoms with Gasteiger partial charge in [-0.25, -0.2) is 9.59 Å². The Morgan fingerprint density at radius 1 is 1.35 bits per heavy atom. The summed E-state index contributed by atoms with van der Waals surface area (Å²) < 4.78 is 5.26. The maximum absolute atomic E-state index is 11.5. The number of hydrogen-bond acceptors (Lipinski definition) is 3. The zero-order valence-corrected chi connectivity index (χ0v) is 12.2. The highest BCUT2D eigenvalue weighted by Crippen LogP contribution is 2.14. The van der Waals surface area contributed by atoms with Gasteiger partial charge in [0.05, 0.1) is 6.54 Å². The molecular formula is C14H22N2O4. The third-order valence-corrected chi connectivity index (χ3v) is 2.87. The molecule has 1 aromatic rings. The summed E-state index contributed by atoms with van der Waals surface area (Å²) >= 11 is 0. The number of rotatable bonds is 7. The van der Waals surface area contributed by atoms with Crippen molar-refractivity contribution in [1.82, 2.24) is 10.6 Å². The van der Waals surface area contributed by atoms with Gasteiger partial charge in [-0.15, -0.1) is 0 Å². The molecule has 0 bridgehead atoms. The van der Waals surface area contributed by atoms with Crippen LogP contribution in [0.1, 0.15) is 48.6 Å². The van der Waals surface area contributed by atoms with Crippen molar-refractivity contribution in [3.05, 3.63) is 23.2 Å². The molecule has 0 aromatic carbocycles. The lowest BCUT2D eigenvalue weighted by atomic mass is 10.1. The molecule has 0 saturated carbocycles.